The van der Waals surface area contributed by atoms with E-state index in [0.29, 0.717) is 16.1 Å². The molecule has 1 fully saturated rings. The molecule has 2 nitrogen and oxygen atoms in total. The number of thioether (sulfide) groups is 1. The third-order valence-corrected chi connectivity index (χ3v) is 5.32. The van der Waals surface area contributed by atoms with E-state index in [1.807, 2.05) is 11.8 Å². The Kier molecular flexibility index (Phi) is 6.36. The summed E-state index contributed by atoms with van der Waals surface area (Å²) in [6, 6.07) is 4.65. The lowest BCUT2D eigenvalue weighted by molar-refractivity contribution is -0.115. The Hall–Kier alpha value is -0.550. The van der Waals surface area contributed by atoms with E-state index in [-0.39, 0.29) is 11.6 Å². The largest absolute Gasteiger partial charge is 0.324 e. The van der Waals surface area contributed by atoms with Crippen molar-refractivity contribution in [2.75, 3.05) is 11.1 Å². The van der Waals surface area contributed by atoms with Gasteiger partial charge >= 0.3 is 0 Å². The molecule has 1 aromatic rings. The van der Waals surface area contributed by atoms with Gasteiger partial charge in [-0.05, 0) is 31.0 Å². The minimum Gasteiger partial charge on any atom is -0.324 e. The van der Waals surface area contributed by atoms with Gasteiger partial charge in [-0.25, -0.2) is 4.39 Å². The van der Waals surface area contributed by atoms with Crippen molar-refractivity contribution in [1.29, 1.82) is 0 Å². The summed E-state index contributed by atoms with van der Waals surface area (Å²) >= 11 is 5.07. The number of carbonyl (C=O) groups excluding carboxylic acids is 1. The van der Waals surface area contributed by atoms with Crippen molar-refractivity contribution in [3.63, 3.8) is 0 Å². The Morgan fingerprint density at radius 3 is 2.80 bits per heavy atom. The maximum atomic E-state index is 13.6. The average Bonchev–Trinajstić information content (AvgIpc) is 2.43. The summed E-state index contributed by atoms with van der Waals surface area (Å²) in [6.45, 7) is 0. The molecule has 110 valence electrons. The molecular formula is C15H19BrFNOS. The summed E-state index contributed by atoms with van der Waals surface area (Å²) in [5, 5.41) is 3.34. The van der Waals surface area contributed by atoms with Crippen LogP contribution in [0.15, 0.2) is 22.7 Å². The first-order valence-corrected chi connectivity index (χ1v) is 8.86. The summed E-state index contributed by atoms with van der Waals surface area (Å²) in [7, 11) is 0. The van der Waals surface area contributed by atoms with Crippen molar-refractivity contribution in [2.45, 2.75) is 43.8 Å². The van der Waals surface area contributed by atoms with Crippen LogP contribution in [-0.2, 0) is 4.79 Å². The molecule has 1 aliphatic rings. The first kappa shape index (κ1) is 15.8. The second-order valence-electron chi connectivity index (χ2n) is 5.05. The number of nitrogens with one attached hydrogen (secondary N) is 1. The lowest BCUT2D eigenvalue weighted by atomic mass is 10.0. The monoisotopic (exact) mass is 359 g/mol. The van der Waals surface area contributed by atoms with E-state index in [1.54, 1.807) is 12.1 Å². The summed E-state index contributed by atoms with van der Waals surface area (Å²) in [5.74, 6) is 0.288. The molecule has 0 radical (unpaired) electrons. The normalized spacial score (nSPS) is 16.1. The molecular weight excluding hydrogens is 341 g/mol. The Balaban J connectivity index is 1.72. The molecule has 0 unspecified atom stereocenters. The third kappa shape index (κ3) is 5.09. The van der Waals surface area contributed by atoms with Crippen LogP contribution < -0.4 is 5.32 Å². The van der Waals surface area contributed by atoms with E-state index in [2.05, 4.69) is 21.2 Å². The summed E-state index contributed by atoms with van der Waals surface area (Å²) in [6.07, 6.45) is 6.96. The van der Waals surface area contributed by atoms with Gasteiger partial charge in [0, 0.05) is 21.9 Å². The van der Waals surface area contributed by atoms with Gasteiger partial charge in [-0.2, -0.15) is 11.8 Å². The number of amides is 1. The minimum atomic E-state index is -0.410. The quantitative estimate of drug-likeness (QED) is 0.802. The van der Waals surface area contributed by atoms with Crippen LogP contribution in [0.3, 0.4) is 0 Å². The number of hydrogen-bond donors (Lipinski definition) is 1. The van der Waals surface area contributed by atoms with Gasteiger partial charge in [-0.1, -0.05) is 35.2 Å². The number of anilines is 1. The SMILES string of the molecule is O=C(CCSC1CCCCC1)Nc1ccc(Br)cc1F. The highest BCUT2D eigenvalue weighted by Gasteiger charge is 2.14. The molecule has 0 saturated heterocycles. The molecule has 0 bridgehead atoms. The second kappa shape index (κ2) is 8.03. The topological polar surface area (TPSA) is 29.1 Å². The lowest BCUT2D eigenvalue weighted by Gasteiger charge is -2.20. The molecule has 0 heterocycles. The number of rotatable bonds is 5. The molecule has 1 aliphatic carbocycles. The predicted octanol–water partition coefficient (Wildman–Crippen LogP) is 4.98. The van der Waals surface area contributed by atoms with Crippen LogP contribution in [-0.4, -0.2) is 16.9 Å². The zero-order valence-electron chi connectivity index (χ0n) is 11.3. The van der Waals surface area contributed by atoms with Gasteiger partial charge < -0.3 is 5.32 Å². The minimum absolute atomic E-state index is 0.116. The second-order valence-corrected chi connectivity index (χ2v) is 7.38. The van der Waals surface area contributed by atoms with Gasteiger partial charge in [-0.15, -0.1) is 0 Å². The molecule has 1 N–H and O–H groups in total. The summed E-state index contributed by atoms with van der Waals surface area (Å²) in [5.41, 5.74) is 0.251. The van der Waals surface area contributed by atoms with E-state index in [9.17, 15) is 9.18 Å². The number of halogens is 2. The Morgan fingerprint density at radius 2 is 2.10 bits per heavy atom. The Morgan fingerprint density at radius 1 is 1.35 bits per heavy atom. The molecule has 20 heavy (non-hydrogen) atoms. The van der Waals surface area contributed by atoms with Crippen molar-refractivity contribution in [3.8, 4) is 0 Å². The van der Waals surface area contributed by atoms with E-state index in [0.717, 1.165) is 5.75 Å². The van der Waals surface area contributed by atoms with Gasteiger partial charge in [0.05, 0.1) is 5.69 Å². The fourth-order valence-electron chi connectivity index (χ4n) is 2.35. The molecule has 2 rings (SSSR count). The van der Waals surface area contributed by atoms with Crippen LogP contribution in [0.25, 0.3) is 0 Å². The highest BCUT2D eigenvalue weighted by Crippen LogP contribution is 2.28. The maximum absolute atomic E-state index is 13.6. The molecule has 1 amide bonds. The van der Waals surface area contributed by atoms with Crippen molar-refractivity contribution < 1.29 is 9.18 Å². The molecule has 0 aliphatic heterocycles. The van der Waals surface area contributed by atoms with Crippen LogP contribution in [0, 0.1) is 5.82 Å². The Bertz CT molecular complexity index is 463. The van der Waals surface area contributed by atoms with E-state index < -0.39 is 5.82 Å². The maximum Gasteiger partial charge on any atom is 0.225 e. The molecule has 5 heteroatoms. The summed E-state index contributed by atoms with van der Waals surface area (Å²) < 4.78 is 14.2. The standard InChI is InChI=1S/C15H19BrFNOS/c16-11-6-7-14(13(17)10-11)18-15(19)8-9-20-12-4-2-1-3-5-12/h6-7,10,12H,1-5,8-9H2,(H,18,19). The zero-order valence-corrected chi connectivity index (χ0v) is 13.7. The van der Waals surface area contributed by atoms with Crippen molar-refractivity contribution in [2.24, 2.45) is 0 Å². The van der Waals surface area contributed by atoms with Crippen LogP contribution in [0.2, 0.25) is 0 Å². The van der Waals surface area contributed by atoms with E-state index >= 15 is 0 Å². The van der Waals surface area contributed by atoms with Gasteiger partial charge in [0.15, 0.2) is 0 Å². The van der Waals surface area contributed by atoms with Crippen LogP contribution in [0.1, 0.15) is 38.5 Å². The first-order valence-electron chi connectivity index (χ1n) is 7.01. The van der Waals surface area contributed by atoms with Crippen LogP contribution >= 0.6 is 27.7 Å². The third-order valence-electron chi connectivity index (χ3n) is 3.44. The molecule has 1 saturated carbocycles. The van der Waals surface area contributed by atoms with Gasteiger partial charge in [0.1, 0.15) is 5.82 Å². The lowest BCUT2D eigenvalue weighted by Crippen LogP contribution is -2.15. The van der Waals surface area contributed by atoms with Crippen molar-refractivity contribution in [3.05, 3.63) is 28.5 Å². The van der Waals surface area contributed by atoms with Gasteiger partial charge in [0.2, 0.25) is 5.91 Å². The van der Waals surface area contributed by atoms with Crippen molar-refractivity contribution >= 4 is 39.3 Å². The molecule has 0 aromatic heterocycles. The molecule has 1 aromatic carbocycles. The molecule has 0 atom stereocenters. The number of benzene rings is 1. The van der Waals surface area contributed by atoms with E-state index in [1.165, 1.54) is 38.2 Å². The highest BCUT2D eigenvalue weighted by atomic mass is 79.9. The Labute approximate surface area is 132 Å². The molecule has 0 spiro atoms. The highest BCUT2D eigenvalue weighted by molar-refractivity contribution is 9.10. The number of hydrogen-bond acceptors (Lipinski definition) is 2. The predicted molar refractivity (Wildman–Crippen MR) is 86.7 cm³/mol. The van der Waals surface area contributed by atoms with Crippen LogP contribution in [0.5, 0.6) is 0 Å². The fourth-order valence-corrected chi connectivity index (χ4v) is 3.99. The van der Waals surface area contributed by atoms with Gasteiger partial charge in [-0.3, -0.25) is 4.79 Å². The average molecular weight is 360 g/mol. The zero-order chi connectivity index (χ0) is 14.4. The van der Waals surface area contributed by atoms with Crippen LogP contribution in [0.4, 0.5) is 10.1 Å². The first-order chi connectivity index (χ1) is 9.65. The summed E-state index contributed by atoms with van der Waals surface area (Å²) in [4.78, 5) is 11.8. The van der Waals surface area contributed by atoms with E-state index in [4.69, 9.17) is 0 Å². The fraction of sp³-hybridized carbons (Fsp3) is 0.533. The smallest absolute Gasteiger partial charge is 0.225 e. The number of carbonyl (C=O) groups is 1. The van der Waals surface area contributed by atoms with Crippen molar-refractivity contribution in [1.82, 2.24) is 0 Å². The van der Waals surface area contributed by atoms with Gasteiger partial charge in [0.25, 0.3) is 0 Å².